The molecule has 0 bridgehead atoms. The minimum atomic E-state index is -2.71. The molecule has 5 aromatic rings. The number of nitrogens with two attached hydrogens (primary N) is 1. The average molecular weight is 593 g/mol. The van der Waals surface area contributed by atoms with E-state index in [2.05, 4.69) is 9.97 Å². The van der Waals surface area contributed by atoms with Gasteiger partial charge in [-0.15, -0.1) is 0 Å². The Morgan fingerprint density at radius 2 is 1.75 bits per heavy atom. The topological polar surface area (TPSA) is 102 Å². The largest absolute Gasteiger partial charge is 0.460 e. The van der Waals surface area contributed by atoms with Crippen molar-refractivity contribution in [3.8, 4) is 22.3 Å². The Bertz CT molecular complexity index is 1820. The Hall–Kier alpha value is -5.18. The zero-order valence-electron chi connectivity index (χ0n) is 23.9. The van der Waals surface area contributed by atoms with Gasteiger partial charge in [-0.1, -0.05) is 18.2 Å². The van der Waals surface area contributed by atoms with Crippen LogP contribution in [0.3, 0.4) is 0 Å². The van der Waals surface area contributed by atoms with E-state index in [0.717, 1.165) is 33.2 Å². The van der Waals surface area contributed by atoms with Gasteiger partial charge in [0.2, 0.25) is 0 Å². The van der Waals surface area contributed by atoms with Gasteiger partial charge in [-0.25, -0.2) is 13.8 Å². The summed E-state index contributed by atoms with van der Waals surface area (Å²) in [5.74, 6) is -1.88. The lowest BCUT2D eigenvalue weighted by atomic mass is 9.96. The van der Waals surface area contributed by atoms with Gasteiger partial charge >= 0.3 is 0 Å². The third-order valence-electron chi connectivity index (χ3n) is 7.78. The molecule has 44 heavy (non-hydrogen) atoms. The number of furan rings is 1. The number of pyridine rings is 2. The number of benzene rings is 2. The first-order valence-corrected chi connectivity index (χ1v) is 14.4. The Morgan fingerprint density at radius 3 is 2.45 bits per heavy atom. The van der Waals surface area contributed by atoms with Crippen molar-refractivity contribution < 1.29 is 22.8 Å². The lowest BCUT2D eigenvalue weighted by molar-refractivity contribution is -0.114. The SMILES string of the molecule is Nc1ccc(/C=C/C(=O)CCc2cc3cc(-c4ccc(C(=O)N5CCC(F)(F)CC5)cc4)cc(-c4cccnc4)c3o2)cn1. The molecule has 6 rings (SSSR count). The van der Waals surface area contributed by atoms with E-state index >= 15 is 0 Å². The number of anilines is 1. The number of allylic oxidation sites excluding steroid dienone is 1. The first-order valence-electron chi connectivity index (χ1n) is 14.4. The van der Waals surface area contributed by atoms with Crippen LogP contribution in [0.1, 0.15) is 40.9 Å². The maximum atomic E-state index is 13.6. The smallest absolute Gasteiger partial charge is 0.253 e. The van der Waals surface area contributed by atoms with Gasteiger partial charge in [-0.05, 0) is 77.4 Å². The van der Waals surface area contributed by atoms with E-state index in [1.165, 1.54) is 11.0 Å². The molecule has 1 saturated heterocycles. The molecule has 0 spiro atoms. The van der Waals surface area contributed by atoms with Crippen molar-refractivity contribution in [3.63, 3.8) is 0 Å². The number of piperidine rings is 1. The summed E-state index contributed by atoms with van der Waals surface area (Å²) in [5, 5.41) is 0.877. The molecule has 2 N–H and O–H groups in total. The minimum absolute atomic E-state index is 0.0386. The third-order valence-corrected chi connectivity index (χ3v) is 7.78. The van der Waals surface area contributed by atoms with E-state index in [4.69, 9.17) is 10.2 Å². The summed E-state index contributed by atoms with van der Waals surface area (Å²) < 4.78 is 33.4. The number of nitrogen functional groups attached to an aromatic ring is 1. The summed E-state index contributed by atoms with van der Waals surface area (Å²) in [7, 11) is 0. The molecule has 0 radical (unpaired) electrons. The predicted octanol–water partition coefficient (Wildman–Crippen LogP) is 7.23. The molecule has 3 aromatic heterocycles. The molecule has 1 aliphatic rings. The fourth-order valence-corrected chi connectivity index (χ4v) is 5.29. The predicted molar refractivity (Wildman–Crippen MR) is 166 cm³/mol. The molecule has 1 fully saturated rings. The molecule has 0 unspecified atom stereocenters. The Balaban J connectivity index is 1.23. The van der Waals surface area contributed by atoms with Crippen LogP contribution in [0.2, 0.25) is 0 Å². The number of nitrogens with zero attached hydrogens (tertiary/aromatic N) is 3. The number of likely N-dealkylation sites (tertiary alicyclic amines) is 1. The fraction of sp³-hybridized carbons (Fsp3) is 0.200. The summed E-state index contributed by atoms with van der Waals surface area (Å²) >= 11 is 0. The van der Waals surface area contributed by atoms with Gasteiger partial charge in [0.15, 0.2) is 5.78 Å². The number of hydrogen-bond donors (Lipinski definition) is 1. The highest BCUT2D eigenvalue weighted by Crippen LogP contribution is 2.36. The van der Waals surface area contributed by atoms with E-state index in [1.807, 2.05) is 42.5 Å². The second-order valence-electron chi connectivity index (χ2n) is 10.9. The van der Waals surface area contributed by atoms with Crippen LogP contribution in [0.5, 0.6) is 0 Å². The van der Waals surface area contributed by atoms with Gasteiger partial charge in [0.1, 0.15) is 17.2 Å². The molecule has 7 nitrogen and oxygen atoms in total. The van der Waals surface area contributed by atoms with Gasteiger partial charge in [0.05, 0.1) is 0 Å². The zero-order valence-corrected chi connectivity index (χ0v) is 23.9. The van der Waals surface area contributed by atoms with Crippen LogP contribution < -0.4 is 5.73 Å². The van der Waals surface area contributed by atoms with Crippen molar-refractivity contribution in [1.82, 2.24) is 14.9 Å². The summed E-state index contributed by atoms with van der Waals surface area (Å²) in [6.07, 6.45) is 8.41. The molecule has 1 amide bonds. The van der Waals surface area contributed by atoms with Crippen LogP contribution in [0.25, 0.3) is 39.3 Å². The molecule has 0 atom stereocenters. The number of aromatic nitrogens is 2. The lowest BCUT2D eigenvalue weighted by Crippen LogP contribution is -2.42. The first kappa shape index (κ1) is 28.9. The number of carbonyl (C=O) groups is 2. The van der Waals surface area contributed by atoms with Crippen molar-refractivity contribution in [2.75, 3.05) is 18.8 Å². The van der Waals surface area contributed by atoms with E-state index in [0.29, 0.717) is 29.1 Å². The number of carbonyl (C=O) groups excluding carboxylic acids is 2. The standard InChI is InChI=1S/C35H30F2N4O3/c36-35(37)13-16-41(17-14-35)34(43)25-7-5-24(6-8-25)27-18-28-19-30(44-33(28)31(20-27)26-2-1-15-39-22-26)11-10-29(42)9-3-23-4-12-32(38)40-21-23/h1-9,12,15,18-22H,10-11,13-14,16-17H2,(H2,38,40)/b9-3+. The van der Waals surface area contributed by atoms with Crippen LogP contribution >= 0.6 is 0 Å². The van der Waals surface area contributed by atoms with Crippen molar-refractivity contribution in [2.24, 2.45) is 0 Å². The van der Waals surface area contributed by atoms with E-state index in [9.17, 15) is 18.4 Å². The van der Waals surface area contributed by atoms with E-state index < -0.39 is 5.92 Å². The van der Waals surface area contributed by atoms with E-state index in [1.54, 1.807) is 48.9 Å². The second kappa shape index (κ2) is 12.2. The highest BCUT2D eigenvalue weighted by Gasteiger charge is 2.35. The van der Waals surface area contributed by atoms with Crippen molar-refractivity contribution in [1.29, 1.82) is 0 Å². The molecule has 0 aliphatic carbocycles. The van der Waals surface area contributed by atoms with Crippen LogP contribution in [0.15, 0.2) is 95.8 Å². The highest BCUT2D eigenvalue weighted by molar-refractivity contribution is 5.98. The second-order valence-corrected chi connectivity index (χ2v) is 10.9. The maximum absolute atomic E-state index is 13.6. The molecule has 4 heterocycles. The Labute approximate surface area is 253 Å². The van der Waals surface area contributed by atoms with Crippen LogP contribution in [-0.4, -0.2) is 45.6 Å². The number of ketones is 1. The normalized spacial score (nSPS) is 14.7. The van der Waals surface area contributed by atoms with Gasteiger partial charge < -0.3 is 15.1 Å². The quantitative estimate of drug-likeness (QED) is 0.191. The number of fused-ring (bicyclic) bond motifs is 1. The fourth-order valence-electron chi connectivity index (χ4n) is 5.29. The van der Waals surface area contributed by atoms with Crippen LogP contribution in [0, 0.1) is 0 Å². The molecular formula is C35H30F2N4O3. The molecule has 2 aromatic carbocycles. The number of aryl methyl sites for hydroxylation is 1. The lowest BCUT2D eigenvalue weighted by Gasteiger charge is -2.31. The molecular weight excluding hydrogens is 562 g/mol. The summed E-state index contributed by atoms with van der Waals surface area (Å²) in [6.45, 7) is 0.0903. The zero-order chi connectivity index (χ0) is 30.7. The number of hydrogen-bond acceptors (Lipinski definition) is 6. The summed E-state index contributed by atoms with van der Waals surface area (Å²) in [4.78, 5) is 35.3. The summed E-state index contributed by atoms with van der Waals surface area (Å²) in [5.41, 5.74) is 11.1. The van der Waals surface area contributed by atoms with Gasteiger partial charge in [-0.2, -0.15) is 0 Å². The van der Waals surface area contributed by atoms with Gasteiger partial charge in [-0.3, -0.25) is 14.6 Å². The van der Waals surface area contributed by atoms with Gasteiger partial charge in [0, 0.05) is 79.4 Å². The molecule has 9 heteroatoms. The molecule has 0 saturated carbocycles. The number of rotatable bonds is 8. The van der Waals surface area contributed by atoms with Crippen molar-refractivity contribution in [2.45, 2.75) is 31.6 Å². The highest BCUT2D eigenvalue weighted by atomic mass is 19.3. The monoisotopic (exact) mass is 592 g/mol. The van der Waals surface area contributed by atoms with E-state index in [-0.39, 0.29) is 44.0 Å². The van der Waals surface area contributed by atoms with Crippen molar-refractivity contribution in [3.05, 3.63) is 108 Å². The molecule has 222 valence electrons. The number of alkyl halides is 2. The van der Waals surface area contributed by atoms with Gasteiger partial charge in [0.25, 0.3) is 11.8 Å². The number of halogens is 2. The maximum Gasteiger partial charge on any atom is 0.253 e. The third kappa shape index (κ3) is 6.57. The first-order chi connectivity index (χ1) is 21.2. The Kier molecular flexibility index (Phi) is 8.02. The van der Waals surface area contributed by atoms with Crippen LogP contribution in [0.4, 0.5) is 14.6 Å². The minimum Gasteiger partial charge on any atom is -0.460 e. The summed E-state index contributed by atoms with van der Waals surface area (Å²) in [6, 6.07) is 20.5. The number of amides is 1. The average Bonchev–Trinajstić information content (AvgIpc) is 3.46. The Morgan fingerprint density at radius 1 is 0.955 bits per heavy atom. The molecule has 1 aliphatic heterocycles. The van der Waals surface area contributed by atoms with Crippen LogP contribution in [-0.2, 0) is 11.2 Å². The van der Waals surface area contributed by atoms with Crippen molar-refractivity contribution >= 4 is 34.6 Å².